The number of hydrogen-bond donors (Lipinski definition) is 1. The van der Waals surface area contributed by atoms with Crippen molar-refractivity contribution in [3.05, 3.63) is 29.8 Å². The van der Waals surface area contributed by atoms with Crippen LogP contribution in [0.4, 0.5) is 5.69 Å². The maximum atomic E-state index is 3.59. The molecule has 2 heterocycles. The molecular weight excluding hydrogens is 196 g/mol. The Labute approximate surface area is 97.6 Å². The van der Waals surface area contributed by atoms with E-state index in [4.69, 9.17) is 0 Å². The van der Waals surface area contributed by atoms with E-state index in [-0.39, 0.29) is 0 Å². The van der Waals surface area contributed by atoms with Crippen molar-refractivity contribution in [3.63, 3.8) is 0 Å². The summed E-state index contributed by atoms with van der Waals surface area (Å²) in [6, 6.07) is 10.2. The fraction of sp³-hybridized carbons (Fsp3) is 0.571. The van der Waals surface area contributed by atoms with Gasteiger partial charge in [-0.2, -0.15) is 0 Å². The van der Waals surface area contributed by atoms with E-state index in [1.807, 2.05) is 0 Å². The Bertz CT molecular complexity index is 369. The standard InChI is InChI=1S/C14H20N2/c1-11-9-12-5-2-3-7-14(12)16(11)10-13-6-4-8-15-13/h2-3,5,7,11,13,15H,4,6,8-10H2,1H3. The molecule has 2 unspecified atom stereocenters. The maximum Gasteiger partial charge on any atom is 0.0402 e. The number of anilines is 1. The summed E-state index contributed by atoms with van der Waals surface area (Å²) >= 11 is 0. The number of fused-ring (bicyclic) bond motifs is 1. The van der Waals surface area contributed by atoms with Crippen molar-refractivity contribution < 1.29 is 0 Å². The third-order valence-electron chi connectivity index (χ3n) is 3.93. The third kappa shape index (κ3) is 1.71. The molecule has 2 aliphatic heterocycles. The van der Waals surface area contributed by atoms with Gasteiger partial charge in [-0.15, -0.1) is 0 Å². The smallest absolute Gasteiger partial charge is 0.0402 e. The quantitative estimate of drug-likeness (QED) is 0.815. The Hall–Kier alpha value is -1.02. The minimum atomic E-state index is 0.666. The van der Waals surface area contributed by atoms with Gasteiger partial charge in [-0.1, -0.05) is 18.2 Å². The SMILES string of the molecule is CC1Cc2ccccc2N1CC1CCCN1. The predicted octanol–water partition coefficient (Wildman–Crippen LogP) is 2.19. The molecule has 2 aliphatic rings. The van der Waals surface area contributed by atoms with Crippen LogP contribution in [0, 0.1) is 0 Å². The molecule has 0 aromatic heterocycles. The lowest BCUT2D eigenvalue weighted by Crippen LogP contribution is -2.40. The Morgan fingerprint density at radius 2 is 2.25 bits per heavy atom. The lowest BCUT2D eigenvalue weighted by Gasteiger charge is -2.28. The van der Waals surface area contributed by atoms with Crippen LogP contribution in [-0.4, -0.2) is 25.2 Å². The van der Waals surface area contributed by atoms with Crippen molar-refractivity contribution in [2.45, 2.75) is 38.3 Å². The second-order valence-corrected chi connectivity index (χ2v) is 5.13. The van der Waals surface area contributed by atoms with E-state index >= 15 is 0 Å². The second-order valence-electron chi connectivity index (χ2n) is 5.13. The summed E-state index contributed by atoms with van der Waals surface area (Å²) in [6.45, 7) is 4.72. The third-order valence-corrected chi connectivity index (χ3v) is 3.93. The number of para-hydroxylation sites is 1. The molecule has 1 N–H and O–H groups in total. The molecule has 3 rings (SSSR count). The predicted molar refractivity (Wildman–Crippen MR) is 68.0 cm³/mol. The Morgan fingerprint density at radius 1 is 1.38 bits per heavy atom. The van der Waals surface area contributed by atoms with Gasteiger partial charge in [-0.3, -0.25) is 0 Å². The van der Waals surface area contributed by atoms with E-state index in [1.165, 1.54) is 43.6 Å². The summed E-state index contributed by atoms with van der Waals surface area (Å²) < 4.78 is 0. The Morgan fingerprint density at radius 3 is 3.06 bits per heavy atom. The van der Waals surface area contributed by atoms with Crippen molar-refractivity contribution in [2.75, 3.05) is 18.0 Å². The van der Waals surface area contributed by atoms with Crippen molar-refractivity contribution in [3.8, 4) is 0 Å². The summed E-state index contributed by atoms with van der Waals surface area (Å²) in [5, 5.41) is 3.59. The highest BCUT2D eigenvalue weighted by molar-refractivity contribution is 5.59. The molecule has 2 heteroatoms. The van der Waals surface area contributed by atoms with Gasteiger partial charge in [0.1, 0.15) is 0 Å². The van der Waals surface area contributed by atoms with Crippen molar-refractivity contribution >= 4 is 5.69 Å². The molecule has 1 fully saturated rings. The van der Waals surface area contributed by atoms with Gasteiger partial charge in [-0.25, -0.2) is 0 Å². The number of rotatable bonds is 2. The van der Waals surface area contributed by atoms with Crippen molar-refractivity contribution in [1.82, 2.24) is 5.32 Å². The fourth-order valence-corrected chi connectivity index (χ4v) is 3.06. The maximum absolute atomic E-state index is 3.59. The highest BCUT2D eigenvalue weighted by Crippen LogP contribution is 2.32. The number of hydrogen-bond acceptors (Lipinski definition) is 2. The molecule has 0 bridgehead atoms. The van der Waals surface area contributed by atoms with Crippen LogP contribution < -0.4 is 10.2 Å². The minimum Gasteiger partial charge on any atom is -0.367 e. The largest absolute Gasteiger partial charge is 0.367 e. The first-order chi connectivity index (χ1) is 7.84. The van der Waals surface area contributed by atoms with Crippen LogP contribution >= 0.6 is 0 Å². The summed E-state index contributed by atoms with van der Waals surface area (Å²) in [7, 11) is 0. The number of nitrogens with one attached hydrogen (secondary N) is 1. The monoisotopic (exact) mass is 216 g/mol. The first-order valence-corrected chi connectivity index (χ1v) is 6.42. The lowest BCUT2D eigenvalue weighted by atomic mass is 10.1. The van der Waals surface area contributed by atoms with E-state index in [0.717, 1.165) is 0 Å². The first kappa shape index (κ1) is 10.2. The Balaban J connectivity index is 1.79. The van der Waals surface area contributed by atoms with Crippen molar-refractivity contribution in [2.24, 2.45) is 0 Å². The van der Waals surface area contributed by atoms with Gasteiger partial charge in [0.2, 0.25) is 0 Å². The summed E-state index contributed by atoms with van der Waals surface area (Å²) in [6.07, 6.45) is 3.89. The fourth-order valence-electron chi connectivity index (χ4n) is 3.06. The molecule has 16 heavy (non-hydrogen) atoms. The molecule has 0 radical (unpaired) electrons. The van der Waals surface area contributed by atoms with E-state index in [0.29, 0.717) is 12.1 Å². The molecule has 1 aromatic rings. The summed E-state index contributed by atoms with van der Waals surface area (Å²) in [5.74, 6) is 0. The van der Waals surface area contributed by atoms with Crippen molar-refractivity contribution in [1.29, 1.82) is 0 Å². The second kappa shape index (κ2) is 4.10. The number of nitrogens with zero attached hydrogens (tertiary/aromatic N) is 1. The van der Waals surface area contributed by atoms with E-state index in [1.54, 1.807) is 0 Å². The van der Waals surface area contributed by atoms with Gasteiger partial charge in [0, 0.05) is 24.3 Å². The molecule has 2 nitrogen and oxygen atoms in total. The molecule has 86 valence electrons. The molecule has 0 saturated carbocycles. The number of benzene rings is 1. The lowest BCUT2D eigenvalue weighted by molar-refractivity contribution is 0.553. The van der Waals surface area contributed by atoms with Crippen LogP contribution in [0.25, 0.3) is 0 Å². The van der Waals surface area contributed by atoms with Gasteiger partial charge >= 0.3 is 0 Å². The Kier molecular flexibility index (Phi) is 2.60. The van der Waals surface area contributed by atoms with E-state index < -0.39 is 0 Å². The van der Waals surface area contributed by atoms with Crippen LogP contribution in [0.15, 0.2) is 24.3 Å². The minimum absolute atomic E-state index is 0.666. The van der Waals surface area contributed by atoms with Gasteiger partial charge in [0.25, 0.3) is 0 Å². The zero-order chi connectivity index (χ0) is 11.0. The average Bonchev–Trinajstić information content (AvgIpc) is 2.89. The van der Waals surface area contributed by atoms with Crippen LogP contribution in [0.5, 0.6) is 0 Å². The topological polar surface area (TPSA) is 15.3 Å². The van der Waals surface area contributed by atoms with Gasteiger partial charge < -0.3 is 10.2 Å². The highest BCUT2D eigenvalue weighted by atomic mass is 15.2. The van der Waals surface area contributed by atoms with Gasteiger partial charge in [0.05, 0.1) is 0 Å². The normalized spacial score (nSPS) is 28.4. The van der Waals surface area contributed by atoms with Crippen LogP contribution in [0.1, 0.15) is 25.3 Å². The molecule has 1 aromatic carbocycles. The molecular formula is C14H20N2. The summed E-state index contributed by atoms with van der Waals surface area (Å²) in [4.78, 5) is 2.58. The molecule has 0 spiro atoms. The summed E-state index contributed by atoms with van der Waals surface area (Å²) in [5.41, 5.74) is 2.98. The first-order valence-electron chi connectivity index (χ1n) is 6.42. The van der Waals surface area contributed by atoms with Crippen LogP contribution in [0.2, 0.25) is 0 Å². The molecule has 0 amide bonds. The molecule has 1 saturated heterocycles. The van der Waals surface area contributed by atoms with E-state index in [9.17, 15) is 0 Å². The molecule has 0 aliphatic carbocycles. The van der Waals surface area contributed by atoms with Gasteiger partial charge in [0.15, 0.2) is 0 Å². The average molecular weight is 216 g/mol. The van der Waals surface area contributed by atoms with E-state index in [2.05, 4.69) is 41.4 Å². The molecule has 2 atom stereocenters. The van der Waals surface area contributed by atoms with Crippen LogP contribution in [0.3, 0.4) is 0 Å². The zero-order valence-corrected chi connectivity index (χ0v) is 9.95. The van der Waals surface area contributed by atoms with Crippen LogP contribution in [-0.2, 0) is 6.42 Å². The van der Waals surface area contributed by atoms with Gasteiger partial charge in [-0.05, 0) is 44.4 Å². The zero-order valence-electron chi connectivity index (χ0n) is 9.95. The highest BCUT2D eigenvalue weighted by Gasteiger charge is 2.28.